The largest absolute Gasteiger partial charge is 0.417 e. The number of aromatic nitrogens is 1. The molecule has 22 heavy (non-hydrogen) atoms. The molecule has 1 aromatic heterocycles. The molecule has 0 saturated carbocycles. The van der Waals surface area contributed by atoms with Crippen LogP contribution in [-0.2, 0) is 6.18 Å². The molecule has 0 radical (unpaired) electrons. The van der Waals surface area contributed by atoms with E-state index in [0.717, 1.165) is 37.8 Å². The third-order valence-corrected chi connectivity index (χ3v) is 4.63. The van der Waals surface area contributed by atoms with Crippen molar-refractivity contribution in [3.8, 4) is 0 Å². The standard InChI is InChI=1S/C15H18F3N3O/c1-21(12-6-10-3-4-11(7-12)20-10)14(22)13-5-2-9(8-19-13)15(16,17)18/h2,5,8,10-12,20H,3-4,6-7H2,1H3. The van der Waals surface area contributed by atoms with Crippen LogP contribution in [0.1, 0.15) is 41.7 Å². The summed E-state index contributed by atoms with van der Waals surface area (Å²) in [5.74, 6) is -0.319. The van der Waals surface area contributed by atoms with Crippen LogP contribution in [-0.4, -0.2) is 41.0 Å². The van der Waals surface area contributed by atoms with Gasteiger partial charge >= 0.3 is 6.18 Å². The van der Waals surface area contributed by atoms with Gasteiger partial charge in [-0.05, 0) is 37.8 Å². The molecule has 0 aliphatic carbocycles. The summed E-state index contributed by atoms with van der Waals surface area (Å²) in [6.45, 7) is 0. The topological polar surface area (TPSA) is 45.2 Å². The van der Waals surface area contributed by atoms with Gasteiger partial charge in [0, 0.05) is 31.4 Å². The predicted octanol–water partition coefficient (Wildman–Crippen LogP) is 2.46. The fourth-order valence-electron chi connectivity index (χ4n) is 3.38. The summed E-state index contributed by atoms with van der Waals surface area (Å²) in [4.78, 5) is 17.7. The van der Waals surface area contributed by atoms with Gasteiger partial charge in [0.25, 0.3) is 5.91 Å². The molecule has 2 bridgehead atoms. The maximum absolute atomic E-state index is 12.5. The van der Waals surface area contributed by atoms with Gasteiger partial charge in [-0.2, -0.15) is 13.2 Å². The van der Waals surface area contributed by atoms with Crippen molar-refractivity contribution in [1.82, 2.24) is 15.2 Å². The summed E-state index contributed by atoms with van der Waals surface area (Å²) in [6, 6.07) is 3.06. The smallest absolute Gasteiger partial charge is 0.337 e. The van der Waals surface area contributed by atoms with Gasteiger partial charge in [-0.15, -0.1) is 0 Å². The van der Waals surface area contributed by atoms with Crippen LogP contribution in [0.25, 0.3) is 0 Å². The van der Waals surface area contributed by atoms with E-state index in [1.54, 1.807) is 11.9 Å². The second kappa shape index (κ2) is 5.53. The van der Waals surface area contributed by atoms with E-state index in [2.05, 4.69) is 10.3 Å². The molecule has 7 heteroatoms. The number of alkyl halides is 3. The van der Waals surface area contributed by atoms with Gasteiger partial charge in [0.2, 0.25) is 0 Å². The number of amides is 1. The Morgan fingerprint density at radius 3 is 2.41 bits per heavy atom. The monoisotopic (exact) mass is 313 g/mol. The first-order valence-electron chi connectivity index (χ1n) is 7.41. The molecule has 4 nitrogen and oxygen atoms in total. The third kappa shape index (κ3) is 2.95. The molecule has 2 saturated heterocycles. The SMILES string of the molecule is CN(C(=O)c1ccc(C(F)(F)F)cn1)C1CC2CCC(C1)N2. The van der Waals surface area contributed by atoms with Crippen LogP contribution in [0.3, 0.4) is 0 Å². The van der Waals surface area contributed by atoms with E-state index in [4.69, 9.17) is 0 Å². The summed E-state index contributed by atoms with van der Waals surface area (Å²) in [7, 11) is 1.71. The number of fused-ring (bicyclic) bond motifs is 2. The maximum Gasteiger partial charge on any atom is 0.417 e. The molecule has 2 unspecified atom stereocenters. The second-order valence-corrected chi connectivity index (χ2v) is 6.11. The van der Waals surface area contributed by atoms with E-state index in [9.17, 15) is 18.0 Å². The Bertz CT molecular complexity index is 546. The fraction of sp³-hybridized carbons (Fsp3) is 0.600. The minimum Gasteiger partial charge on any atom is -0.337 e. The number of rotatable bonds is 2. The van der Waals surface area contributed by atoms with E-state index >= 15 is 0 Å². The van der Waals surface area contributed by atoms with Crippen LogP contribution < -0.4 is 5.32 Å². The Kier molecular flexibility index (Phi) is 3.84. The van der Waals surface area contributed by atoms with Crippen molar-refractivity contribution in [2.24, 2.45) is 0 Å². The van der Waals surface area contributed by atoms with Gasteiger partial charge in [0.05, 0.1) is 5.56 Å². The quantitative estimate of drug-likeness (QED) is 0.912. The Hall–Kier alpha value is -1.63. The van der Waals surface area contributed by atoms with Crippen molar-refractivity contribution in [2.45, 2.75) is 50.0 Å². The normalized spacial score (nSPS) is 27.7. The van der Waals surface area contributed by atoms with Crippen molar-refractivity contribution in [1.29, 1.82) is 0 Å². The van der Waals surface area contributed by atoms with Gasteiger partial charge in [0.15, 0.2) is 0 Å². The number of halogens is 3. The van der Waals surface area contributed by atoms with E-state index < -0.39 is 11.7 Å². The average Bonchev–Trinajstić information content (AvgIpc) is 2.83. The van der Waals surface area contributed by atoms with Gasteiger partial charge in [-0.1, -0.05) is 0 Å². The number of hydrogen-bond donors (Lipinski definition) is 1. The van der Waals surface area contributed by atoms with Crippen molar-refractivity contribution in [2.75, 3.05) is 7.05 Å². The Morgan fingerprint density at radius 2 is 1.91 bits per heavy atom. The van der Waals surface area contributed by atoms with E-state index in [1.165, 1.54) is 0 Å². The highest BCUT2D eigenvalue weighted by Crippen LogP contribution is 2.30. The summed E-state index contributed by atoms with van der Waals surface area (Å²) in [5, 5.41) is 3.50. The molecule has 1 N–H and O–H groups in total. The number of hydrogen-bond acceptors (Lipinski definition) is 3. The lowest BCUT2D eigenvalue weighted by atomic mass is 9.98. The highest BCUT2D eigenvalue weighted by molar-refractivity contribution is 5.92. The molecule has 0 aromatic carbocycles. The van der Waals surface area contributed by atoms with Gasteiger partial charge < -0.3 is 10.2 Å². The zero-order valence-corrected chi connectivity index (χ0v) is 12.2. The highest BCUT2D eigenvalue weighted by Gasteiger charge is 2.37. The summed E-state index contributed by atoms with van der Waals surface area (Å²) < 4.78 is 37.6. The lowest BCUT2D eigenvalue weighted by Crippen LogP contribution is -2.48. The highest BCUT2D eigenvalue weighted by atomic mass is 19.4. The lowest BCUT2D eigenvalue weighted by molar-refractivity contribution is -0.137. The minimum atomic E-state index is -4.44. The molecule has 2 atom stereocenters. The van der Waals surface area contributed by atoms with Crippen LogP contribution in [0.4, 0.5) is 13.2 Å². The molecule has 1 aromatic rings. The Labute approximate surface area is 126 Å². The van der Waals surface area contributed by atoms with Crippen LogP contribution in [0.2, 0.25) is 0 Å². The number of nitrogens with one attached hydrogen (secondary N) is 1. The molecule has 2 fully saturated rings. The number of piperidine rings is 1. The molecule has 3 rings (SSSR count). The fourth-order valence-corrected chi connectivity index (χ4v) is 3.38. The number of pyridine rings is 1. The molecule has 2 aliphatic heterocycles. The van der Waals surface area contributed by atoms with Crippen molar-refractivity contribution >= 4 is 5.91 Å². The number of carbonyl (C=O) groups is 1. The molecule has 120 valence electrons. The molecule has 2 aliphatic rings. The Morgan fingerprint density at radius 1 is 1.27 bits per heavy atom. The lowest BCUT2D eigenvalue weighted by Gasteiger charge is -2.35. The molecular weight excluding hydrogens is 295 g/mol. The van der Waals surface area contributed by atoms with Gasteiger partial charge in [0.1, 0.15) is 5.69 Å². The minimum absolute atomic E-state index is 0.0568. The molecular formula is C15H18F3N3O. The van der Waals surface area contributed by atoms with E-state index in [0.29, 0.717) is 18.3 Å². The van der Waals surface area contributed by atoms with E-state index in [-0.39, 0.29) is 17.6 Å². The summed E-state index contributed by atoms with van der Waals surface area (Å²) >= 11 is 0. The first-order chi connectivity index (χ1) is 10.3. The zero-order valence-electron chi connectivity index (χ0n) is 12.2. The first kappa shape index (κ1) is 15.3. The maximum atomic E-state index is 12.5. The predicted molar refractivity (Wildman–Crippen MR) is 74.3 cm³/mol. The zero-order chi connectivity index (χ0) is 15.9. The van der Waals surface area contributed by atoms with Gasteiger partial charge in [-0.3, -0.25) is 9.78 Å². The van der Waals surface area contributed by atoms with Crippen molar-refractivity contribution in [3.63, 3.8) is 0 Å². The van der Waals surface area contributed by atoms with Crippen LogP contribution in [0.15, 0.2) is 18.3 Å². The molecule has 1 amide bonds. The third-order valence-electron chi connectivity index (χ3n) is 4.63. The number of nitrogens with zero attached hydrogens (tertiary/aromatic N) is 2. The molecule has 0 spiro atoms. The number of carbonyl (C=O) groups excluding carboxylic acids is 1. The second-order valence-electron chi connectivity index (χ2n) is 6.11. The van der Waals surface area contributed by atoms with Crippen LogP contribution in [0, 0.1) is 0 Å². The summed E-state index contributed by atoms with van der Waals surface area (Å²) in [6.07, 6.45) is 0.310. The van der Waals surface area contributed by atoms with Crippen molar-refractivity contribution in [3.05, 3.63) is 29.6 Å². The van der Waals surface area contributed by atoms with Crippen LogP contribution >= 0.6 is 0 Å². The summed E-state index contributed by atoms with van der Waals surface area (Å²) in [5.41, 5.74) is -0.784. The van der Waals surface area contributed by atoms with Gasteiger partial charge in [-0.25, -0.2) is 0 Å². The first-order valence-corrected chi connectivity index (χ1v) is 7.41. The average molecular weight is 313 g/mol. The Balaban J connectivity index is 1.70. The van der Waals surface area contributed by atoms with Crippen molar-refractivity contribution < 1.29 is 18.0 Å². The van der Waals surface area contributed by atoms with E-state index in [1.807, 2.05) is 0 Å². The molecule has 3 heterocycles. The van der Waals surface area contributed by atoms with Crippen LogP contribution in [0.5, 0.6) is 0 Å².